The third-order valence-corrected chi connectivity index (χ3v) is 15.6. The molecule has 2 aliphatic carbocycles. The molecule has 4 aromatic heterocycles. The third-order valence-electron chi connectivity index (χ3n) is 14.9. The first-order valence-electron chi connectivity index (χ1n) is 23.9. The number of benzene rings is 3. The van der Waals surface area contributed by atoms with Crippen LogP contribution in [0, 0.1) is 27.7 Å². The first-order valence-corrected chi connectivity index (χ1v) is 24.6. The van der Waals surface area contributed by atoms with Gasteiger partial charge in [-0.15, -0.1) is 0 Å². The van der Waals surface area contributed by atoms with E-state index in [0.29, 0.717) is 47.8 Å². The van der Waals surface area contributed by atoms with Gasteiger partial charge in [-0.1, -0.05) is 45.6 Å². The van der Waals surface area contributed by atoms with Crippen molar-refractivity contribution in [1.82, 2.24) is 34.7 Å². The van der Waals surface area contributed by atoms with E-state index in [2.05, 4.69) is 61.2 Å². The Bertz CT molecular complexity index is 3030. The second kappa shape index (κ2) is 17.8. The number of fused-ring (bicyclic) bond motifs is 2. The number of rotatable bonds is 7. The van der Waals surface area contributed by atoms with Crippen molar-refractivity contribution in [1.29, 1.82) is 0 Å². The number of aryl methyl sites for hydroxylation is 4. The summed E-state index contributed by atoms with van der Waals surface area (Å²) in [6.07, 6.45) is 8.84. The van der Waals surface area contributed by atoms with E-state index in [-0.39, 0.29) is 36.0 Å². The molecule has 2 saturated heterocycles. The van der Waals surface area contributed by atoms with Gasteiger partial charge in [0.15, 0.2) is 0 Å². The van der Waals surface area contributed by atoms with Gasteiger partial charge in [0, 0.05) is 41.7 Å². The number of imidazole rings is 2. The molecule has 14 nitrogen and oxygen atoms in total. The largest absolute Gasteiger partial charge is 0.390 e. The second-order valence-corrected chi connectivity index (χ2v) is 20.8. The summed E-state index contributed by atoms with van der Waals surface area (Å²) in [6, 6.07) is 18.1. The fourth-order valence-electron chi connectivity index (χ4n) is 11.2. The highest BCUT2D eigenvalue weighted by atomic mass is 35.5. The zero-order valence-electron chi connectivity index (χ0n) is 39.4. The predicted molar refractivity (Wildman–Crippen MR) is 262 cm³/mol. The van der Waals surface area contributed by atoms with Crippen molar-refractivity contribution in [2.45, 2.75) is 154 Å². The number of carbonyl (C=O) groups excluding carboxylic acids is 2. The van der Waals surface area contributed by atoms with Crippen LogP contribution in [0.3, 0.4) is 0 Å². The lowest BCUT2D eigenvalue weighted by molar-refractivity contribution is -0.119. The van der Waals surface area contributed by atoms with Gasteiger partial charge < -0.3 is 38.6 Å². The zero-order valence-corrected chi connectivity index (χ0v) is 40.9. The van der Waals surface area contributed by atoms with Gasteiger partial charge in [-0.25, -0.2) is 9.97 Å². The summed E-state index contributed by atoms with van der Waals surface area (Å²) in [4.78, 5) is 37.1. The van der Waals surface area contributed by atoms with Crippen molar-refractivity contribution in [3.63, 3.8) is 0 Å². The monoisotopic (exact) mass is 960 g/mol. The maximum atomic E-state index is 13.2. The molecule has 356 valence electrons. The van der Waals surface area contributed by atoms with E-state index >= 15 is 0 Å². The van der Waals surface area contributed by atoms with Crippen molar-refractivity contribution < 1.29 is 28.8 Å². The van der Waals surface area contributed by atoms with E-state index in [0.717, 1.165) is 124 Å². The first kappa shape index (κ1) is 46.2. The highest BCUT2D eigenvalue weighted by Crippen LogP contribution is 2.45. The Labute approximate surface area is 405 Å². The number of anilines is 1. The molecule has 3 N–H and O–H groups in total. The summed E-state index contributed by atoms with van der Waals surface area (Å²) in [7, 11) is 0. The van der Waals surface area contributed by atoms with Crippen LogP contribution in [0.25, 0.3) is 44.3 Å². The molecule has 0 radical (unpaired) electrons. The summed E-state index contributed by atoms with van der Waals surface area (Å²) in [6.45, 7) is 11.6. The Hall–Kier alpha value is -5.54. The topological polar surface area (TPSA) is 178 Å². The number of nitrogens with one attached hydrogen (secondary N) is 1. The molecule has 2 atom stereocenters. The average molecular weight is 962 g/mol. The van der Waals surface area contributed by atoms with Crippen molar-refractivity contribution >= 4 is 62.8 Å². The predicted octanol–water partition coefficient (Wildman–Crippen LogP) is 11.5. The summed E-state index contributed by atoms with van der Waals surface area (Å²) >= 11 is 12.5. The normalized spacial score (nSPS) is 25.4. The van der Waals surface area contributed by atoms with Gasteiger partial charge in [0.05, 0.1) is 66.8 Å². The molecule has 6 heterocycles. The lowest BCUT2D eigenvalue weighted by Crippen LogP contribution is -2.33. The molecule has 7 aromatic rings. The number of hydrogen-bond acceptors (Lipinski definition) is 10. The Balaban J connectivity index is 0.000000163. The smallest absolute Gasteiger partial charge is 0.227 e. The maximum Gasteiger partial charge on any atom is 0.227 e. The number of aliphatic hydroxyl groups is 2. The standard InChI is InChI=1S/C29H30Cl2N4O3.C23H28N4O3/c1-16-27(17(2)38-33-16)18-4-7-24-23(14-18)32-28(35(24)19-10-12-29(3,37)13-11-19)25-8-9-26(36)34(25)20-5-6-21(30)22(31)15-20;1-13-21(14(2)30-26-13)15-4-6-19-18(12-15)25-22(17-5-7-20(28)24-17)27(19)16-8-10-23(3,29)11-9-16/h4-7,14-15,19,25,37H,8-13H2,1-3H3;4,6,12,16-17,29H,5,7-11H2,1-3H3,(H,24,28)/t19?,25-,29?;16?,17-,23?/m00/s1. The van der Waals surface area contributed by atoms with E-state index in [9.17, 15) is 19.8 Å². The van der Waals surface area contributed by atoms with Gasteiger partial charge in [-0.3, -0.25) is 9.59 Å². The van der Waals surface area contributed by atoms with E-state index in [4.69, 9.17) is 42.2 Å². The SMILES string of the molecule is Cc1noc(C)c1-c1ccc2c(c1)nc([C@@H]1CCC(=O)N1)n2C1CCC(C)(O)CC1.Cc1noc(C)c1-c1ccc2c(c1)nc([C@@H]1CCC(=O)N1c1ccc(Cl)c(Cl)c1)n2C1CCC(C)(O)CC1. The lowest BCUT2D eigenvalue weighted by atomic mass is 9.83. The number of hydrogen-bond donors (Lipinski definition) is 3. The van der Waals surface area contributed by atoms with E-state index in [1.54, 1.807) is 12.1 Å². The Morgan fingerprint density at radius 3 is 1.63 bits per heavy atom. The molecule has 11 rings (SSSR count). The minimum Gasteiger partial charge on any atom is -0.390 e. The van der Waals surface area contributed by atoms with Gasteiger partial charge in [0.1, 0.15) is 23.2 Å². The van der Waals surface area contributed by atoms with Crippen LogP contribution in [0.1, 0.15) is 150 Å². The van der Waals surface area contributed by atoms with E-state index < -0.39 is 11.2 Å². The Morgan fingerprint density at radius 1 is 0.647 bits per heavy atom. The fraction of sp³-hybridized carbons (Fsp3) is 0.462. The number of amides is 2. The molecule has 0 bridgehead atoms. The fourth-order valence-corrected chi connectivity index (χ4v) is 11.5. The van der Waals surface area contributed by atoms with Crippen molar-refractivity contribution in [2.24, 2.45) is 0 Å². The number of carbonyl (C=O) groups is 2. The molecule has 2 aliphatic heterocycles. The molecular formula is C52H58Cl2N8O6. The minimum atomic E-state index is -0.654. The van der Waals surface area contributed by atoms with Gasteiger partial charge in [-0.2, -0.15) is 0 Å². The van der Waals surface area contributed by atoms with E-state index in [1.807, 2.05) is 52.5 Å². The number of halogens is 2. The van der Waals surface area contributed by atoms with Crippen LogP contribution in [-0.2, 0) is 9.59 Å². The average Bonchev–Trinajstić information content (AvgIpc) is 4.17. The van der Waals surface area contributed by atoms with Gasteiger partial charge in [-0.05, 0) is 159 Å². The lowest BCUT2D eigenvalue weighted by Gasteiger charge is -2.35. The summed E-state index contributed by atoms with van der Waals surface area (Å²) < 4.78 is 15.4. The highest BCUT2D eigenvalue weighted by molar-refractivity contribution is 6.42. The van der Waals surface area contributed by atoms with Crippen LogP contribution < -0.4 is 10.2 Å². The van der Waals surface area contributed by atoms with Crippen LogP contribution in [0.2, 0.25) is 10.0 Å². The maximum absolute atomic E-state index is 13.2. The van der Waals surface area contributed by atoms with Crippen LogP contribution in [0.15, 0.2) is 63.6 Å². The van der Waals surface area contributed by atoms with E-state index in [1.165, 1.54) is 0 Å². The first-order chi connectivity index (χ1) is 32.4. The van der Waals surface area contributed by atoms with Gasteiger partial charge >= 0.3 is 0 Å². The molecule has 0 unspecified atom stereocenters. The molecule has 4 aliphatic rings. The molecule has 4 fully saturated rings. The highest BCUT2D eigenvalue weighted by Gasteiger charge is 2.40. The zero-order chi connectivity index (χ0) is 47.8. The van der Waals surface area contributed by atoms with Gasteiger partial charge in [0.2, 0.25) is 11.8 Å². The summed E-state index contributed by atoms with van der Waals surface area (Å²) in [5, 5.41) is 33.2. The molecule has 2 amide bonds. The van der Waals surface area contributed by atoms with Gasteiger partial charge in [0.25, 0.3) is 0 Å². The summed E-state index contributed by atoms with van der Waals surface area (Å²) in [5.74, 6) is 3.47. The molecule has 68 heavy (non-hydrogen) atoms. The van der Waals surface area contributed by atoms with Crippen molar-refractivity contribution in [2.75, 3.05) is 4.90 Å². The van der Waals surface area contributed by atoms with Crippen LogP contribution in [0.5, 0.6) is 0 Å². The van der Waals surface area contributed by atoms with Crippen LogP contribution in [0.4, 0.5) is 5.69 Å². The van der Waals surface area contributed by atoms with Crippen LogP contribution in [-0.4, -0.2) is 62.6 Å². The Kier molecular flexibility index (Phi) is 12.1. The molecule has 16 heteroatoms. The summed E-state index contributed by atoms with van der Waals surface area (Å²) in [5.41, 5.74) is 9.08. The molecule has 3 aromatic carbocycles. The molecule has 2 saturated carbocycles. The number of nitrogens with zero attached hydrogens (tertiary/aromatic N) is 7. The Morgan fingerprint density at radius 2 is 1.16 bits per heavy atom. The van der Waals surface area contributed by atoms with Crippen molar-refractivity contribution in [3.8, 4) is 22.3 Å². The van der Waals surface area contributed by atoms with Crippen LogP contribution >= 0.6 is 23.2 Å². The third kappa shape index (κ3) is 8.62. The number of aromatic nitrogens is 6. The molecule has 0 spiro atoms. The minimum absolute atomic E-state index is 0.0370. The molecular weight excluding hydrogens is 904 g/mol. The quantitative estimate of drug-likeness (QED) is 0.139. The second-order valence-electron chi connectivity index (χ2n) is 20.0. The van der Waals surface area contributed by atoms with Crippen molar-refractivity contribution in [3.05, 3.63) is 99.2 Å².